The third-order valence-electron chi connectivity index (χ3n) is 5.70. The second-order valence-electron chi connectivity index (χ2n) is 8.23. The van der Waals surface area contributed by atoms with E-state index < -0.39 is 5.97 Å². The maximum atomic E-state index is 13.5. The standard InChI is InChI=1S/C28H21BrClN3O6/c1-3-37-26(34)15-38-24-13-20(29)17(12-23(24)36-2)14-31-33-27(32-21-7-5-4-6-19(21)28(33)35)25-11-16-10-18(30)8-9-22(16)39-25/h4-14H,3,15H2,1-2H3. The lowest BCUT2D eigenvalue weighted by molar-refractivity contribution is -0.145. The minimum atomic E-state index is -0.495. The highest BCUT2D eigenvalue weighted by atomic mass is 79.9. The minimum Gasteiger partial charge on any atom is -0.493 e. The van der Waals surface area contributed by atoms with Gasteiger partial charge >= 0.3 is 5.97 Å². The number of benzene rings is 3. The lowest BCUT2D eigenvalue weighted by Crippen LogP contribution is -2.20. The molecule has 5 aromatic rings. The molecule has 0 amide bonds. The molecule has 5 rings (SSSR count). The van der Waals surface area contributed by atoms with Crippen molar-refractivity contribution < 1.29 is 23.4 Å². The van der Waals surface area contributed by atoms with Gasteiger partial charge in [0, 0.05) is 20.4 Å². The Balaban J connectivity index is 1.58. The zero-order valence-electron chi connectivity index (χ0n) is 20.8. The quantitative estimate of drug-likeness (QED) is 0.155. The van der Waals surface area contributed by atoms with Crippen LogP contribution >= 0.6 is 27.5 Å². The van der Waals surface area contributed by atoms with Gasteiger partial charge in [-0.2, -0.15) is 9.78 Å². The van der Waals surface area contributed by atoms with Gasteiger partial charge in [0.2, 0.25) is 5.82 Å². The van der Waals surface area contributed by atoms with Gasteiger partial charge < -0.3 is 18.6 Å². The van der Waals surface area contributed by atoms with Crippen LogP contribution in [0.1, 0.15) is 12.5 Å². The molecule has 0 fully saturated rings. The number of ether oxygens (including phenoxy) is 3. The average Bonchev–Trinajstić information content (AvgIpc) is 3.35. The van der Waals surface area contributed by atoms with Crippen molar-refractivity contribution in [2.45, 2.75) is 6.92 Å². The summed E-state index contributed by atoms with van der Waals surface area (Å²) in [7, 11) is 1.48. The number of esters is 1. The molecule has 9 nitrogen and oxygen atoms in total. The summed E-state index contributed by atoms with van der Waals surface area (Å²) in [6.07, 6.45) is 1.49. The predicted octanol–water partition coefficient (Wildman–Crippen LogP) is 6.06. The minimum absolute atomic E-state index is 0.222. The topological polar surface area (TPSA) is 105 Å². The molecule has 0 radical (unpaired) electrons. The number of hydrogen-bond donors (Lipinski definition) is 0. The Morgan fingerprint density at radius 1 is 1.15 bits per heavy atom. The number of carbonyl (C=O) groups is 1. The van der Waals surface area contributed by atoms with Gasteiger partial charge in [0.25, 0.3) is 5.56 Å². The van der Waals surface area contributed by atoms with Crippen molar-refractivity contribution in [2.24, 2.45) is 5.10 Å². The molecule has 0 spiro atoms. The first-order chi connectivity index (χ1) is 18.9. The number of aromatic nitrogens is 2. The number of rotatable bonds is 8. The van der Waals surface area contributed by atoms with Crippen molar-refractivity contribution >= 4 is 61.6 Å². The maximum absolute atomic E-state index is 13.5. The van der Waals surface area contributed by atoms with Crippen LogP contribution in [0.25, 0.3) is 33.5 Å². The van der Waals surface area contributed by atoms with Gasteiger partial charge in [0.05, 0.1) is 30.8 Å². The van der Waals surface area contributed by atoms with Crippen molar-refractivity contribution in [3.8, 4) is 23.1 Å². The van der Waals surface area contributed by atoms with Crippen LogP contribution < -0.4 is 15.0 Å². The largest absolute Gasteiger partial charge is 0.493 e. The molecule has 0 atom stereocenters. The zero-order chi connectivity index (χ0) is 27.5. The number of para-hydroxylation sites is 1. The van der Waals surface area contributed by atoms with Crippen LogP contribution in [0, 0.1) is 0 Å². The number of halogens is 2. The summed E-state index contributed by atoms with van der Waals surface area (Å²) in [5, 5.41) is 6.21. The molecule has 0 saturated carbocycles. The molecule has 0 aliphatic carbocycles. The van der Waals surface area contributed by atoms with Crippen LogP contribution in [0.5, 0.6) is 11.5 Å². The second-order valence-corrected chi connectivity index (χ2v) is 9.52. The molecule has 2 aromatic heterocycles. The monoisotopic (exact) mass is 609 g/mol. The number of fused-ring (bicyclic) bond motifs is 2. The molecule has 0 N–H and O–H groups in total. The molecule has 0 aliphatic rings. The van der Waals surface area contributed by atoms with Crippen LogP contribution in [0.4, 0.5) is 0 Å². The first kappa shape index (κ1) is 26.5. The SMILES string of the molecule is CCOC(=O)COc1cc(Br)c(C=Nn2c(-c3cc4cc(Cl)ccc4o3)nc3ccccc3c2=O)cc1OC. The Morgan fingerprint density at radius 3 is 2.77 bits per heavy atom. The Kier molecular flexibility index (Phi) is 7.67. The first-order valence-corrected chi connectivity index (χ1v) is 13.0. The molecule has 198 valence electrons. The highest BCUT2D eigenvalue weighted by molar-refractivity contribution is 9.10. The molecule has 11 heteroatoms. The number of carbonyl (C=O) groups excluding carboxylic acids is 1. The molecular formula is C28H21BrClN3O6. The van der Waals surface area contributed by atoms with Gasteiger partial charge in [-0.25, -0.2) is 9.78 Å². The van der Waals surface area contributed by atoms with Gasteiger partial charge in [0.15, 0.2) is 23.9 Å². The third-order valence-corrected chi connectivity index (χ3v) is 6.62. The van der Waals surface area contributed by atoms with E-state index >= 15 is 0 Å². The summed E-state index contributed by atoms with van der Waals surface area (Å²) >= 11 is 9.64. The number of furan rings is 1. The fraction of sp³-hybridized carbons (Fsp3) is 0.143. The Morgan fingerprint density at radius 2 is 1.97 bits per heavy atom. The van der Waals surface area contributed by atoms with E-state index in [1.54, 1.807) is 67.6 Å². The van der Waals surface area contributed by atoms with E-state index in [0.29, 0.717) is 48.8 Å². The van der Waals surface area contributed by atoms with E-state index in [9.17, 15) is 9.59 Å². The molecule has 39 heavy (non-hydrogen) atoms. The molecule has 0 unspecified atom stereocenters. The summed E-state index contributed by atoms with van der Waals surface area (Å²) in [4.78, 5) is 29.9. The molecule has 3 aromatic carbocycles. The van der Waals surface area contributed by atoms with Crippen LogP contribution in [-0.4, -0.2) is 42.2 Å². The van der Waals surface area contributed by atoms with Crippen molar-refractivity contribution in [3.63, 3.8) is 0 Å². The van der Waals surface area contributed by atoms with Crippen LogP contribution in [0.3, 0.4) is 0 Å². The lowest BCUT2D eigenvalue weighted by Gasteiger charge is -2.12. The summed E-state index contributed by atoms with van der Waals surface area (Å²) in [6.45, 7) is 1.70. The molecule has 0 saturated heterocycles. The highest BCUT2D eigenvalue weighted by Crippen LogP contribution is 2.33. The number of hydrogen-bond acceptors (Lipinski definition) is 8. The fourth-order valence-electron chi connectivity index (χ4n) is 3.90. The van der Waals surface area contributed by atoms with Gasteiger partial charge in [-0.15, -0.1) is 0 Å². The van der Waals surface area contributed by atoms with E-state index in [0.717, 1.165) is 5.39 Å². The smallest absolute Gasteiger partial charge is 0.344 e. The summed E-state index contributed by atoms with van der Waals surface area (Å²) < 4.78 is 23.7. The van der Waals surface area contributed by atoms with Crippen molar-refractivity contribution in [2.75, 3.05) is 20.3 Å². The van der Waals surface area contributed by atoms with E-state index in [1.165, 1.54) is 18.0 Å². The molecule has 0 aliphatic heterocycles. The molecule has 0 bridgehead atoms. The summed E-state index contributed by atoms with van der Waals surface area (Å²) in [6, 6.07) is 17.3. The number of nitrogens with zero attached hydrogens (tertiary/aromatic N) is 3. The average molecular weight is 611 g/mol. The van der Waals surface area contributed by atoms with Crippen molar-refractivity contribution in [1.29, 1.82) is 0 Å². The maximum Gasteiger partial charge on any atom is 0.344 e. The van der Waals surface area contributed by atoms with E-state index in [4.69, 9.17) is 30.2 Å². The van der Waals surface area contributed by atoms with E-state index in [1.807, 2.05) is 0 Å². The van der Waals surface area contributed by atoms with Gasteiger partial charge in [0.1, 0.15) is 5.58 Å². The van der Waals surface area contributed by atoms with E-state index in [-0.39, 0.29) is 24.6 Å². The number of methoxy groups -OCH3 is 1. The van der Waals surface area contributed by atoms with Crippen LogP contribution in [-0.2, 0) is 9.53 Å². The molecule has 2 heterocycles. The third kappa shape index (κ3) is 5.52. The zero-order valence-corrected chi connectivity index (χ0v) is 23.2. The van der Waals surface area contributed by atoms with Crippen molar-refractivity contribution in [3.05, 3.63) is 86.1 Å². The summed E-state index contributed by atoms with van der Waals surface area (Å²) in [5.74, 6) is 0.777. The van der Waals surface area contributed by atoms with Crippen LogP contribution in [0.2, 0.25) is 5.02 Å². The van der Waals surface area contributed by atoms with Crippen molar-refractivity contribution in [1.82, 2.24) is 9.66 Å². The first-order valence-electron chi connectivity index (χ1n) is 11.8. The Labute approximate surface area is 235 Å². The second kappa shape index (κ2) is 11.3. The van der Waals surface area contributed by atoms with Gasteiger partial charge in [-0.1, -0.05) is 23.7 Å². The Bertz CT molecular complexity index is 1800. The van der Waals surface area contributed by atoms with Gasteiger partial charge in [-0.05, 0) is 71.4 Å². The van der Waals surface area contributed by atoms with Gasteiger partial charge in [-0.3, -0.25) is 4.79 Å². The Hall–Kier alpha value is -4.15. The highest BCUT2D eigenvalue weighted by Gasteiger charge is 2.17. The lowest BCUT2D eigenvalue weighted by atomic mass is 10.2. The van der Waals surface area contributed by atoms with Crippen LogP contribution in [0.15, 0.2) is 79.4 Å². The summed E-state index contributed by atoms with van der Waals surface area (Å²) in [5.41, 5.74) is 1.31. The van der Waals surface area contributed by atoms with E-state index in [2.05, 4.69) is 26.0 Å². The molecular weight excluding hydrogens is 590 g/mol. The predicted molar refractivity (Wildman–Crippen MR) is 152 cm³/mol. The fourth-order valence-corrected chi connectivity index (χ4v) is 4.50. The normalized spacial score (nSPS) is 11.4.